The monoisotopic (exact) mass is 456 g/mol. The lowest BCUT2D eigenvalue weighted by atomic mass is 10.0. The van der Waals surface area contributed by atoms with Gasteiger partial charge in [0.15, 0.2) is 0 Å². The second-order valence-corrected chi connectivity index (χ2v) is 8.48. The van der Waals surface area contributed by atoms with E-state index in [2.05, 4.69) is 27.0 Å². The molecule has 2 aliphatic heterocycles. The maximum absolute atomic E-state index is 13.5. The summed E-state index contributed by atoms with van der Waals surface area (Å²) in [5, 5.41) is 5.32. The highest BCUT2D eigenvalue weighted by Crippen LogP contribution is 2.41. The molecule has 11 heteroatoms. The summed E-state index contributed by atoms with van der Waals surface area (Å²) < 4.78 is 28.8. The van der Waals surface area contributed by atoms with Crippen LogP contribution in [0.4, 0.5) is 14.5 Å². The second-order valence-electron chi connectivity index (χ2n) is 8.48. The zero-order valence-electron chi connectivity index (χ0n) is 17.8. The van der Waals surface area contributed by atoms with Gasteiger partial charge in [0, 0.05) is 30.2 Å². The maximum Gasteiger partial charge on any atom is 0.293 e. The van der Waals surface area contributed by atoms with E-state index in [1.54, 1.807) is 17.7 Å². The summed E-state index contributed by atoms with van der Waals surface area (Å²) in [5.41, 5.74) is 9.89. The summed E-state index contributed by atoms with van der Waals surface area (Å²) in [5.74, 6) is -3.69. The van der Waals surface area contributed by atoms with Crippen LogP contribution in [-0.2, 0) is 17.8 Å². The number of aromatic nitrogens is 1. The van der Waals surface area contributed by atoms with E-state index >= 15 is 0 Å². The van der Waals surface area contributed by atoms with E-state index in [1.807, 2.05) is 0 Å². The Kier molecular flexibility index (Phi) is 4.93. The molecular weight excluding hydrogens is 434 g/mol. The number of ketones is 1. The van der Waals surface area contributed by atoms with Crippen LogP contribution in [0.2, 0.25) is 0 Å². The molecule has 0 bridgehead atoms. The smallest absolute Gasteiger partial charge is 0.293 e. The third-order valence-corrected chi connectivity index (χ3v) is 6.28. The number of hydrogen-bond acceptors (Lipinski definition) is 6. The van der Waals surface area contributed by atoms with E-state index in [0.29, 0.717) is 49.6 Å². The van der Waals surface area contributed by atoms with Crippen LogP contribution in [0.5, 0.6) is 0 Å². The maximum atomic E-state index is 13.5. The molecule has 3 heterocycles. The fourth-order valence-corrected chi connectivity index (χ4v) is 4.61. The topological polar surface area (TPSA) is 116 Å². The highest BCUT2D eigenvalue weighted by Gasteiger charge is 2.50. The lowest BCUT2D eigenvalue weighted by Crippen LogP contribution is -2.46. The molecule has 2 aromatic rings. The Labute approximate surface area is 187 Å². The van der Waals surface area contributed by atoms with E-state index in [9.17, 15) is 23.2 Å². The zero-order chi connectivity index (χ0) is 23.3. The number of nitrogens with zero attached hydrogens (tertiary/aromatic N) is 1. The van der Waals surface area contributed by atoms with Crippen LogP contribution in [0, 0.1) is 18.6 Å². The molecule has 1 fully saturated rings. The number of nitrogens with one attached hydrogen (secondary N) is 5. The van der Waals surface area contributed by atoms with Gasteiger partial charge in [-0.3, -0.25) is 14.4 Å². The number of Topliss-reactive ketones (excluding diaryl/α,β-unsaturated/α-hetero) is 1. The van der Waals surface area contributed by atoms with Crippen molar-refractivity contribution in [2.24, 2.45) is 0 Å². The van der Waals surface area contributed by atoms with Crippen molar-refractivity contribution in [1.29, 1.82) is 0 Å². The van der Waals surface area contributed by atoms with Crippen molar-refractivity contribution in [3.05, 3.63) is 64.2 Å². The first-order valence-corrected chi connectivity index (χ1v) is 10.6. The first-order valence-electron chi connectivity index (χ1n) is 10.6. The SMILES string of the molecule is Cc1c(C(=O)C(=O)NC2(C3=CNNN3)CC2)c2n(c1C(=O)Nc1cc(F)cc(F)c1)CCC2. The Morgan fingerprint density at radius 3 is 2.48 bits per heavy atom. The molecule has 172 valence electrons. The van der Waals surface area contributed by atoms with E-state index in [1.165, 1.54) is 0 Å². The molecule has 0 radical (unpaired) electrons. The first-order chi connectivity index (χ1) is 15.8. The van der Waals surface area contributed by atoms with Gasteiger partial charge in [0.1, 0.15) is 17.3 Å². The zero-order valence-corrected chi connectivity index (χ0v) is 17.8. The van der Waals surface area contributed by atoms with E-state index in [-0.39, 0.29) is 16.9 Å². The number of hydrogen-bond donors (Lipinski definition) is 5. The average molecular weight is 456 g/mol. The van der Waals surface area contributed by atoms with Crippen LogP contribution in [0.3, 0.4) is 0 Å². The van der Waals surface area contributed by atoms with E-state index in [4.69, 9.17) is 0 Å². The van der Waals surface area contributed by atoms with Crippen LogP contribution in [-0.4, -0.2) is 27.7 Å². The van der Waals surface area contributed by atoms with Gasteiger partial charge < -0.3 is 26.1 Å². The molecule has 0 saturated heterocycles. The quantitative estimate of drug-likeness (QED) is 0.333. The highest BCUT2D eigenvalue weighted by molar-refractivity contribution is 6.44. The number of rotatable bonds is 6. The number of halogens is 2. The molecule has 1 aromatic heterocycles. The van der Waals surface area contributed by atoms with Gasteiger partial charge in [-0.05, 0) is 50.3 Å². The van der Waals surface area contributed by atoms with Crippen molar-refractivity contribution in [2.75, 3.05) is 5.32 Å². The van der Waals surface area contributed by atoms with Gasteiger partial charge in [-0.15, -0.1) is 0 Å². The second kappa shape index (κ2) is 7.69. The molecule has 1 aliphatic carbocycles. The van der Waals surface area contributed by atoms with Gasteiger partial charge >= 0.3 is 0 Å². The molecule has 2 amide bonds. The molecule has 0 spiro atoms. The van der Waals surface area contributed by atoms with E-state index < -0.39 is 34.8 Å². The van der Waals surface area contributed by atoms with Crippen LogP contribution in [0.15, 0.2) is 30.1 Å². The van der Waals surface area contributed by atoms with Crippen molar-refractivity contribution in [2.45, 2.75) is 44.7 Å². The summed E-state index contributed by atoms with van der Waals surface area (Å²) in [6, 6.07) is 2.73. The summed E-state index contributed by atoms with van der Waals surface area (Å²) in [6.45, 7) is 2.11. The summed E-state index contributed by atoms with van der Waals surface area (Å²) in [7, 11) is 0. The average Bonchev–Trinajstić information content (AvgIpc) is 3.12. The molecule has 1 aromatic carbocycles. The molecule has 5 rings (SSSR count). The van der Waals surface area contributed by atoms with Crippen LogP contribution >= 0.6 is 0 Å². The molecule has 0 unspecified atom stereocenters. The summed E-state index contributed by atoms with van der Waals surface area (Å²) >= 11 is 0. The first kappa shape index (κ1) is 21.1. The number of carbonyl (C=O) groups excluding carboxylic acids is 3. The Bertz CT molecular complexity index is 1210. The third-order valence-electron chi connectivity index (χ3n) is 6.28. The minimum absolute atomic E-state index is 0.0358. The molecule has 0 atom stereocenters. The number of anilines is 1. The predicted molar refractivity (Wildman–Crippen MR) is 114 cm³/mol. The Hall–Kier alpha value is -3.73. The van der Waals surface area contributed by atoms with Crippen molar-refractivity contribution >= 4 is 23.3 Å². The van der Waals surface area contributed by atoms with Gasteiger partial charge in [0.05, 0.1) is 16.8 Å². The lowest BCUT2D eigenvalue weighted by molar-refractivity contribution is -0.117. The molecule has 9 nitrogen and oxygen atoms in total. The van der Waals surface area contributed by atoms with Crippen molar-refractivity contribution in [1.82, 2.24) is 26.3 Å². The Morgan fingerprint density at radius 2 is 1.85 bits per heavy atom. The fourth-order valence-electron chi connectivity index (χ4n) is 4.61. The molecular formula is C22H22F2N6O3. The van der Waals surface area contributed by atoms with Crippen molar-refractivity contribution in [3.8, 4) is 0 Å². The molecule has 3 aliphatic rings. The number of fused-ring (bicyclic) bond motifs is 1. The molecule has 33 heavy (non-hydrogen) atoms. The number of benzene rings is 1. The van der Waals surface area contributed by atoms with Gasteiger partial charge in [-0.25, -0.2) is 8.78 Å². The van der Waals surface area contributed by atoms with E-state index in [0.717, 1.165) is 17.8 Å². The summed E-state index contributed by atoms with van der Waals surface area (Å²) in [6.07, 6.45) is 4.34. The number of amides is 2. The Balaban J connectivity index is 1.42. The normalized spacial score (nSPS) is 17.5. The van der Waals surface area contributed by atoms with Gasteiger partial charge in [-0.1, -0.05) is 0 Å². The summed E-state index contributed by atoms with van der Waals surface area (Å²) in [4.78, 5) is 39.1. The van der Waals surface area contributed by atoms with Gasteiger partial charge in [0.2, 0.25) is 0 Å². The van der Waals surface area contributed by atoms with Gasteiger partial charge in [-0.2, -0.15) is 5.53 Å². The van der Waals surface area contributed by atoms with Crippen LogP contribution in [0.25, 0.3) is 0 Å². The van der Waals surface area contributed by atoms with Crippen LogP contribution in [0.1, 0.15) is 51.4 Å². The number of hydrazine groups is 2. The largest absolute Gasteiger partial charge is 0.340 e. The van der Waals surface area contributed by atoms with Crippen LogP contribution < -0.4 is 27.0 Å². The standard InChI is InChI=1S/C22H22F2N6O3/c1-11-17(19(31)21(33)27-22(4-5-22)16-10-25-29-28-16)15-3-2-6-30(15)18(11)20(32)26-14-8-12(23)7-13(24)9-14/h7-10,25,28-29H,2-6H2,1H3,(H,26,32)(H,27,33). The fraction of sp³-hybridized carbons (Fsp3) is 0.318. The molecule has 1 saturated carbocycles. The Morgan fingerprint density at radius 1 is 1.12 bits per heavy atom. The minimum Gasteiger partial charge on any atom is -0.340 e. The highest BCUT2D eigenvalue weighted by atomic mass is 19.1. The lowest BCUT2D eigenvalue weighted by Gasteiger charge is -2.18. The third kappa shape index (κ3) is 3.63. The predicted octanol–water partition coefficient (Wildman–Crippen LogP) is 1.56. The van der Waals surface area contributed by atoms with Gasteiger partial charge in [0.25, 0.3) is 17.6 Å². The molecule has 5 N–H and O–H groups in total. The number of carbonyl (C=O) groups is 3. The van der Waals surface area contributed by atoms with Crippen molar-refractivity contribution in [3.63, 3.8) is 0 Å². The minimum atomic E-state index is -0.818. The van der Waals surface area contributed by atoms with Crippen molar-refractivity contribution < 1.29 is 23.2 Å².